The molecule has 1 heterocycles. The van der Waals surface area contributed by atoms with E-state index < -0.39 is 0 Å². The molecular weight excluding hydrogens is 228 g/mol. The summed E-state index contributed by atoms with van der Waals surface area (Å²) in [5.41, 5.74) is 5.55. The fraction of sp³-hybridized carbons (Fsp3) is 0.286. The number of thiophene rings is 1. The number of hydrogen-bond donors (Lipinski definition) is 2. The molecule has 0 aliphatic rings. The van der Waals surface area contributed by atoms with Gasteiger partial charge in [0, 0.05) is 10.9 Å². The first-order chi connectivity index (χ1) is 8.28. The van der Waals surface area contributed by atoms with E-state index in [1.54, 1.807) is 11.3 Å². The molecule has 1 unspecified atom stereocenters. The molecule has 0 saturated carbocycles. The number of hydrogen-bond acceptors (Lipinski definition) is 3. The van der Waals surface area contributed by atoms with Crippen LogP contribution in [0.4, 0.5) is 0 Å². The van der Waals surface area contributed by atoms with Crippen LogP contribution in [-0.2, 0) is 12.8 Å². The number of nitrogens with two attached hydrogens (primary N) is 1. The fourth-order valence-corrected chi connectivity index (χ4v) is 2.77. The highest BCUT2D eigenvalue weighted by Gasteiger charge is 2.09. The van der Waals surface area contributed by atoms with Gasteiger partial charge in [0.1, 0.15) is 0 Å². The van der Waals surface area contributed by atoms with Crippen molar-refractivity contribution in [2.45, 2.75) is 25.8 Å². The van der Waals surface area contributed by atoms with Crippen molar-refractivity contribution < 1.29 is 0 Å². The van der Waals surface area contributed by atoms with Gasteiger partial charge in [0.25, 0.3) is 0 Å². The molecule has 0 radical (unpaired) electrons. The van der Waals surface area contributed by atoms with Gasteiger partial charge in [0.15, 0.2) is 0 Å². The highest BCUT2D eigenvalue weighted by Crippen LogP contribution is 2.14. The minimum absolute atomic E-state index is 0.301. The SMILES string of the molecule is Cc1cccc(CC(Cc2cccs2)NN)c1. The molecule has 3 heteroatoms. The largest absolute Gasteiger partial charge is 0.271 e. The van der Waals surface area contributed by atoms with Crippen molar-refractivity contribution in [3.8, 4) is 0 Å². The molecule has 1 aromatic heterocycles. The number of benzene rings is 1. The minimum Gasteiger partial charge on any atom is -0.271 e. The average molecular weight is 246 g/mol. The molecule has 17 heavy (non-hydrogen) atoms. The summed E-state index contributed by atoms with van der Waals surface area (Å²) < 4.78 is 0. The van der Waals surface area contributed by atoms with Crippen LogP contribution in [0.1, 0.15) is 16.0 Å². The number of nitrogens with one attached hydrogen (secondary N) is 1. The smallest absolute Gasteiger partial charge is 0.0299 e. The molecule has 2 rings (SSSR count). The van der Waals surface area contributed by atoms with Crippen LogP contribution in [0.5, 0.6) is 0 Å². The van der Waals surface area contributed by atoms with Gasteiger partial charge in [-0.05, 0) is 36.8 Å². The molecule has 1 atom stereocenters. The van der Waals surface area contributed by atoms with Crippen LogP contribution in [-0.4, -0.2) is 6.04 Å². The lowest BCUT2D eigenvalue weighted by Crippen LogP contribution is -2.38. The first-order valence-corrected chi connectivity index (χ1v) is 6.70. The molecule has 0 amide bonds. The first-order valence-electron chi connectivity index (χ1n) is 5.82. The van der Waals surface area contributed by atoms with Crippen LogP contribution in [0.25, 0.3) is 0 Å². The van der Waals surface area contributed by atoms with Crippen LogP contribution in [0.15, 0.2) is 41.8 Å². The summed E-state index contributed by atoms with van der Waals surface area (Å²) in [6.07, 6.45) is 1.96. The zero-order valence-electron chi connectivity index (χ0n) is 10.0. The van der Waals surface area contributed by atoms with Crippen LogP contribution < -0.4 is 11.3 Å². The first kappa shape index (κ1) is 12.3. The summed E-state index contributed by atoms with van der Waals surface area (Å²) in [5, 5.41) is 2.11. The summed E-state index contributed by atoms with van der Waals surface area (Å²) in [7, 11) is 0. The summed E-state index contributed by atoms with van der Waals surface area (Å²) >= 11 is 1.78. The molecule has 0 saturated heterocycles. The van der Waals surface area contributed by atoms with Crippen molar-refractivity contribution in [1.82, 2.24) is 5.43 Å². The van der Waals surface area contributed by atoms with Crippen LogP contribution in [0.3, 0.4) is 0 Å². The Bertz CT molecular complexity index is 451. The highest BCUT2D eigenvalue weighted by molar-refractivity contribution is 7.09. The second-order valence-corrected chi connectivity index (χ2v) is 5.37. The predicted octanol–water partition coefficient (Wildman–Crippen LogP) is 2.67. The standard InChI is InChI=1S/C14H18N2S/c1-11-4-2-5-12(8-11)9-13(16-15)10-14-6-3-7-17-14/h2-8,13,16H,9-10,15H2,1H3. The fourth-order valence-electron chi connectivity index (χ4n) is 1.99. The Hall–Kier alpha value is -1.16. The molecule has 0 spiro atoms. The maximum Gasteiger partial charge on any atom is 0.0299 e. The third kappa shape index (κ3) is 3.66. The van der Waals surface area contributed by atoms with Gasteiger partial charge in [0.05, 0.1) is 0 Å². The van der Waals surface area contributed by atoms with E-state index >= 15 is 0 Å². The molecule has 1 aromatic carbocycles. The van der Waals surface area contributed by atoms with Crippen LogP contribution in [0.2, 0.25) is 0 Å². The molecule has 2 nitrogen and oxygen atoms in total. The summed E-state index contributed by atoms with van der Waals surface area (Å²) in [6, 6.07) is 13.1. The van der Waals surface area contributed by atoms with Gasteiger partial charge in [-0.3, -0.25) is 11.3 Å². The van der Waals surface area contributed by atoms with E-state index in [0.29, 0.717) is 6.04 Å². The Morgan fingerprint density at radius 2 is 2.12 bits per heavy atom. The molecule has 3 N–H and O–H groups in total. The highest BCUT2D eigenvalue weighted by atomic mass is 32.1. The maximum atomic E-state index is 5.63. The Morgan fingerprint density at radius 1 is 1.24 bits per heavy atom. The normalized spacial score (nSPS) is 12.6. The van der Waals surface area contributed by atoms with E-state index in [0.717, 1.165) is 12.8 Å². The van der Waals surface area contributed by atoms with Gasteiger partial charge in [-0.15, -0.1) is 11.3 Å². The van der Waals surface area contributed by atoms with Gasteiger partial charge < -0.3 is 0 Å². The predicted molar refractivity (Wildman–Crippen MR) is 74.0 cm³/mol. The van der Waals surface area contributed by atoms with Crippen molar-refractivity contribution in [3.63, 3.8) is 0 Å². The van der Waals surface area contributed by atoms with Crippen LogP contribution in [0, 0.1) is 6.92 Å². The number of hydrazine groups is 1. The molecule has 0 bridgehead atoms. The van der Waals surface area contributed by atoms with E-state index in [9.17, 15) is 0 Å². The zero-order chi connectivity index (χ0) is 12.1. The van der Waals surface area contributed by atoms with E-state index in [4.69, 9.17) is 5.84 Å². The Balaban J connectivity index is 2.00. The van der Waals surface area contributed by atoms with Gasteiger partial charge in [-0.25, -0.2) is 0 Å². The van der Waals surface area contributed by atoms with E-state index in [1.165, 1.54) is 16.0 Å². The van der Waals surface area contributed by atoms with Gasteiger partial charge >= 0.3 is 0 Å². The van der Waals surface area contributed by atoms with Crippen molar-refractivity contribution in [1.29, 1.82) is 0 Å². The Morgan fingerprint density at radius 3 is 2.76 bits per heavy atom. The van der Waals surface area contributed by atoms with Gasteiger partial charge in [-0.2, -0.15) is 0 Å². The Kier molecular flexibility index (Phi) is 4.31. The molecule has 90 valence electrons. The summed E-state index contributed by atoms with van der Waals surface area (Å²) in [5.74, 6) is 5.63. The van der Waals surface area contributed by atoms with Crippen molar-refractivity contribution >= 4 is 11.3 Å². The Labute approximate surface area is 106 Å². The maximum absolute atomic E-state index is 5.63. The molecule has 0 aliphatic carbocycles. The van der Waals surface area contributed by atoms with Crippen molar-refractivity contribution in [2.24, 2.45) is 5.84 Å². The lowest BCUT2D eigenvalue weighted by molar-refractivity contribution is 0.525. The average Bonchev–Trinajstić information content (AvgIpc) is 2.81. The number of rotatable bonds is 5. The van der Waals surface area contributed by atoms with Crippen molar-refractivity contribution in [2.75, 3.05) is 0 Å². The minimum atomic E-state index is 0.301. The van der Waals surface area contributed by atoms with Crippen LogP contribution >= 0.6 is 11.3 Å². The zero-order valence-corrected chi connectivity index (χ0v) is 10.8. The van der Waals surface area contributed by atoms with E-state index in [2.05, 4.69) is 54.1 Å². The summed E-state index contributed by atoms with van der Waals surface area (Å²) in [4.78, 5) is 1.38. The molecular formula is C14H18N2S. The molecule has 0 fully saturated rings. The van der Waals surface area contributed by atoms with E-state index in [1.807, 2.05) is 0 Å². The third-order valence-electron chi connectivity index (χ3n) is 2.83. The lowest BCUT2D eigenvalue weighted by atomic mass is 10.0. The third-order valence-corrected chi connectivity index (χ3v) is 3.73. The quantitative estimate of drug-likeness (QED) is 0.629. The second-order valence-electron chi connectivity index (χ2n) is 4.34. The number of aryl methyl sites for hydroxylation is 1. The van der Waals surface area contributed by atoms with Gasteiger partial charge in [-0.1, -0.05) is 35.9 Å². The van der Waals surface area contributed by atoms with Gasteiger partial charge in [0.2, 0.25) is 0 Å². The molecule has 2 aromatic rings. The topological polar surface area (TPSA) is 38.0 Å². The van der Waals surface area contributed by atoms with Crippen molar-refractivity contribution in [3.05, 3.63) is 57.8 Å². The summed E-state index contributed by atoms with van der Waals surface area (Å²) in [6.45, 7) is 2.12. The monoisotopic (exact) mass is 246 g/mol. The lowest BCUT2D eigenvalue weighted by Gasteiger charge is -2.15. The van der Waals surface area contributed by atoms with E-state index in [-0.39, 0.29) is 0 Å². The molecule has 0 aliphatic heterocycles. The second kappa shape index (κ2) is 5.96.